The Bertz CT molecular complexity index is 1340. The van der Waals surface area contributed by atoms with Crippen LogP contribution in [0.1, 0.15) is 63.9 Å². The number of alkyl halides is 2. The Hall–Kier alpha value is -2.81. The van der Waals surface area contributed by atoms with Crippen LogP contribution < -0.4 is 5.32 Å². The van der Waals surface area contributed by atoms with Gasteiger partial charge in [-0.3, -0.25) is 4.79 Å². The largest absolute Gasteiger partial charge is 0.326 e. The first-order valence-electron chi connectivity index (χ1n) is 12.5. The third-order valence-electron chi connectivity index (χ3n) is 6.90. The molecule has 1 heterocycles. The highest BCUT2D eigenvalue weighted by Crippen LogP contribution is 2.38. The molecular formula is C27H33F2N3O3S. The predicted octanol–water partition coefficient (Wildman–Crippen LogP) is 5.96. The topological polar surface area (TPSA) is 81.1 Å². The number of hydrogen-bond donors (Lipinski definition) is 1. The highest BCUT2D eigenvalue weighted by atomic mass is 32.2. The van der Waals surface area contributed by atoms with Crippen molar-refractivity contribution in [2.75, 3.05) is 11.1 Å². The van der Waals surface area contributed by atoms with E-state index in [4.69, 9.17) is 4.98 Å². The molecule has 6 nitrogen and oxygen atoms in total. The minimum absolute atomic E-state index is 0.0284. The second kappa shape index (κ2) is 10.3. The number of fused-ring (bicyclic) bond motifs is 1. The molecule has 1 saturated carbocycles. The monoisotopic (exact) mass is 517 g/mol. The molecule has 0 atom stereocenters. The van der Waals surface area contributed by atoms with Crippen LogP contribution in [0.15, 0.2) is 47.4 Å². The van der Waals surface area contributed by atoms with E-state index >= 15 is 0 Å². The van der Waals surface area contributed by atoms with Gasteiger partial charge < -0.3 is 9.88 Å². The number of benzene rings is 2. The molecule has 0 unspecified atom stereocenters. The normalized spacial score (nSPS) is 16.5. The number of carbonyl (C=O) groups is 1. The second-order valence-corrected chi connectivity index (χ2v) is 12.2. The van der Waals surface area contributed by atoms with Gasteiger partial charge in [0.15, 0.2) is 9.84 Å². The van der Waals surface area contributed by atoms with Gasteiger partial charge in [-0.05, 0) is 68.5 Å². The van der Waals surface area contributed by atoms with E-state index in [-0.39, 0.29) is 47.8 Å². The minimum Gasteiger partial charge on any atom is -0.326 e. The summed E-state index contributed by atoms with van der Waals surface area (Å²) in [5.74, 6) is -1.64. The predicted molar refractivity (Wildman–Crippen MR) is 137 cm³/mol. The van der Waals surface area contributed by atoms with Gasteiger partial charge in [0, 0.05) is 31.0 Å². The summed E-state index contributed by atoms with van der Waals surface area (Å²) in [7, 11) is -3.28. The van der Waals surface area contributed by atoms with E-state index in [1.165, 1.54) is 12.1 Å². The molecule has 9 heteroatoms. The number of imidazole rings is 1. The summed E-state index contributed by atoms with van der Waals surface area (Å²) in [5, 5.41) is 2.92. The van der Waals surface area contributed by atoms with Crippen LogP contribution in [0.2, 0.25) is 0 Å². The molecule has 1 amide bonds. The SMILES string of the molecule is CCS(=O)(=O)c1ccc(CC(=O)Nc2ccc3nc(CC4CCC(F)(F)CC4)n(C(C)C)c3c2)cc1. The lowest BCUT2D eigenvalue weighted by Crippen LogP contribution is -2.26. The lowest BCUT2D eigenvalue weighted by atomic mass is 9.84. The molecule has 1 fully saturated rings. The van der Waals surface area contributed by atoms with Gasteiger partial charge in [-0.25, -0.2) is 22.2 Å². The van der Waals surface area contributed by atoms with Gasteiger partial charge in [-0.1, -0.05) is 19.1 Å². The Labute approximate surface area is 211 Å². The molecule has 1 aromatic heterocycles. The Morgan fingerprint density at radius 1 is 1.14 bits per heavy atom. The Balaban J connectivity index is 1.48. The number of hydrogen-bond acceptors (Lipinski definition) is 4. The van der Waals surface area contributed by atoms with E-state index in [9.17, 15) is 22.0 Å². The first kappa shape index (κ1) is 26.3. The molecule has 2 aromatic carbocycles. The van der Waals surface area contributed by atoms with Crippen LogP contribution in [-0.2, 0) is 27.5 Å². The zero-order valence-electron chi connectivity index (χ0n) is 20.9. The van der Waals surface area contributed by atoms with Gasteiger partial charge in [0.1, 0.15) is 5.82 Å². The Kier molecular flexibility index (Phi) is 7.50. The number of halogens is 2. The van der Waals surface area contributed by atoms with Gasteiger partial charge >= 0.3 is 0 Å². The standard InChI is InChI=1S/C27H33F2N3O3S/c1-4-36(34,35)22-8-5-19(6-9-22)16-26(33)30-21-7-10-23-24(17-21)32(18(2)3)25(31-23)15-20-11-13-27(28,29)14-12-20/h5-10,17-18,20H,4,11-16H2,1-3H3,(H,30,33). The van der Waals surface area contributed by atoms with Crippen molar-refractivity contribution in [2.24, 2.45) is 5.92 Å². The summed E-state index contributed by atoms with van der Waals surface area (Å²) in [6, 6.07) is 12.1. The maximum atomic E-state index is 13.6. The van der Waals surface area contributed by atoms with Crippen LogP contribution in [0, 0.1) is 5.92 Å². The molecule has 0 bridgehead atoms. The number of nitrogens with zero attached hydrogens (tertiary/aromatic N) is 2. The van der Waals surface area contributed by atoms with Gasteiger partial charge in [0.2, 0.25) is 11.8 Å². The fraction of sp³-hybridized carbons (Fsp3) is 0.481. The number of anilines is 1. The van der Waals surface area contributed by atoms with Gasteiger partial charge in [0.25, 0.3) is 0 Å². The van der Waals surface area contributed by atoms with Crippen molar-refractivity contribution in [1.82, 2.24) is 9.55 Å². The van der Waals surface area contributed by atoms with E-state index in [0.29, 0.717) is 24.9 Å². The smallest absolute Gasteiger partial charge is 0.248 e. The summed E-state index contributed by atoms with van der Waals surface area (Å²) in [4.78, 5) is 17.7. The molecule has 4 rings (SSSR count). The first-order valence-corrected chi connectivity index (χ1v) is 14.1. The molecule has 1 aliphatic carbocycles. The van der Waals surface area contributed by atoms with Crippen molar-refractivity contribution in [3.05, 3.63) is 53.9 Å². The average Bonchev–Trinajstić information content (AvgIpc) is 3.18. The van der Waals surface area contributed by atoms with Gasteiger partial charge in [0.05, 0.1) is 28.1 Å². The summed E-state index contributed by atoms with van der Waals surface area (Å²) in [5.41, 5.74) is 3.07. The molecule has 194 valence electrons. The summed E-state index contributed by atoms with van der Waals surface area (Å²) >= 11 is 0. The molecule has 1 N–H and O–H groups in total. The Morgan fingerprint density at radius 2 is 1.81 bits per heavy atom. The average molecular weight is 518 g/mol. The molecule has 0 saturated heterocycles. The second-order valence-electron chi connectivity index (χ2n) is 9.97. The van der Waals surface area contributed by atoms with Crippen molar-refractivity contribution in [1.29, 1.82) is 0 Å². The summed E-state index contributed by atoms with van der Waals surface area (Å²) < 4.78 is 53.2. The van der Waals surface area contributed by atoms with E-state index in [1.54, 1.807) is 25.1 Å². The maximum Gasteiger partial charge on any atom is 0.248 e. The molecule has 0 radical (unpaired) electrons. The lowest BCUT2D eigenvalue weighted by molar-refractivity contribution is -0.115. The van der Waals surface area contributed by atoms with Gasteiger partial charge in [-0.15, -0.1) is 0 Å². The fourth-order valence-corrected chi connectivity index (χ4v) is 5.76. The molecule has 1 aliphatic rings. The third kappa shape index (κ3) is 5.94. The van der Waals surface area contributed by atoms with Gasteiger partial charge in [-0.2, -0.15) is 0 Å². The number of carbonyl (C=O) groups excluding carboxylic acids is 1. The van der Waals surface area contributed by atoms with E-state index in [0.717, 1.165) is 22.4 Å². The van der Waals surface area contributed by atoms with Crippen LogP contribution in [0.25, 0.3) is 11.0 Å². The number of rotatable bonds is 8. The molecule has 0 spiro atoms. The van der Waals surface area contributed by atoms with Crippen molar-refractivity contribution in [2.45, 2.75) is 76.2 Å². The maximum absolute atomic E-state index is 13.6. The number of nitrogens with one attached hydrogen (secondary N) is 1. The van der Waals surface area contributed by atoms with Crippen molar-refractivity contribution < 1.29 is 22.0 Å². The van der Waals surface area contributed by atoms with Crippen LogP contribution >= 0.6 is 0 Å². The van der Waals surface area contributed by atoms with E-state index in [1.807, 2.05) is 12.1 Å². The zero-order chi connectivity index (χ0) is 26.1. The molecule has 3 aromatic rings. The van der Waals surface area contributed by atoms with Crippen molar-refractivity contribution in [3.8, 4) is 0 Å². The van der Waals surface area contributed by atoms with Crippen LogP contribution in [-0.4, -0.2) is 35.6 Å². The third-order valence-corrected chi connectivity index (χ3v) is 8.65. The minimum atomic E-state index is -3.28. The van der Waals surface area contributed by atoms with Crippen molar-refractivity contribution >= 4 is 32.5 Å². The number of aromatic nitrogens is 2. The molecular weight excluding hydrogens is 484 g/mol. The number of sulfone groups is 1. The van der Waals surface area contributed by atoms with Crippen LogP contribution in [0.5, 0.6) is 0 Å². The van der Waals surface area contributed by atoms with Crippen LogP contribution in [0.4, 0.5) is 14.5 Å². The fourth-order valence-electron chi connectivity index (χ4n) is 4.87. The highest BCUT2D eigenvalue weighted by molar-refractivity contribution is 7.91. The lowest BCUT2D eigenvalue weighted by Gasteiger charge is -2.28. The van der Waals surface area contributed by atoms with Crippen molar-refractivity contribution in [3.63, 3.8) is 0 Å². The first-order chi connectivity index (χ1) is 17.0. The Morgan fingerprint density at radius 3 is 2.42 bits per heavy atom. The zero-order valence-corrected chi connectivity index (χ0v) is 21.7. The molecule has 0 aliphatic heterocycles. The van der Waals surface area contributed by atoms with Crippen LogP contribution in [0.3, 0.4) is 0 Å². The molecule has 36 heavy (non-hydrogen) atoms. The van der Waals surface area contributed by atoms with E-state index in [2.05, 4.69) is 23.7 Å². The number of amides is 1. The summed E-state index contributed by atoms with van der Waals surface area (Å²) in [6.45, 7) is 5.72. The van der Waals surface area contributed by atoms with E-state index < -0.39 is 15.8 Å². The highest BCUT2D eigenvalue weighted by Gasteiger charge is 2.35. The summed E-state index contributed by atoms with van der Waals surface area (Å²) in [6.07, 6.45) is 1.65. The quantitative estimate of drug-likeness (QED) is 0.400.